The Kier molecular flexibility index (Phi) is 9.11. The standard InChI is InChI=1S/C32H39NO4Si/c1-5-38(6-2,7-3)37-30(23-22-29-21-15-25-35-29)20-14-24-33-26(4)32(36-31(33)34,27-16-10-8-11-17-27)28-18-12-9-13-19-28/h8-13,15-21,24-26,30H,5-7,22-23H2,1-4H3/t14?,26-,30-/m1/s1. The Morgan fingerprint density at radius 1 is 0.974 bits per heavy atom. The number of carbonyl (C=O) groups excluding carboxylic acids is 1. The number of carbonyl (C=O) groups is 1. The van der Waals surface area contributed by atoms with Gasteiger partial charge in [-0.25, -0.2) is 4.79 Å². The van der Waals surface area contributed by atoms with Gasteiger partial charge in [0.2, 0.25) is 0 Å². The maximum absolute atomic E-state index is 13.3. The quantitative estimate of drug-likeness (QED) is 0.176. The summed E-state index contributed by atoms with van der Waals surface area (Å²) in [5.41, 5.74) is 4.26. The highest BCUT2D eigenvalue weighted by Crippen LogP contribution is 2.44. The zero-order valence-corrected chi connectivity index (χ0v) is 23.9. The third-order valence-electron chi connectivity index (χ3n) is 7.96. The first kappa shape index (κ1) is 27.7. The molecule has 0 unspecified atom stereocenters. The van der Waals surface area contributed by atoms with Crippen LogP contribution in [0, 0.1) is 0 Å². The highest BCUT2D eigenvalue weighted by Gasteiger charge is 2.53. The number of cyclic esters (lactones) is 1. The molecule has 200 valence electrons. The zero-order valence-electron chi connectivity index (χ0n) is 22.9. The van der Waals surface area contributed by atoms with Crippen molar-refractivity contribution in [1.29, 1.82) is 0 Å². The lowest BCUT2D eigenvalue weighted by Crippen LogP contribution is -2.40. The fourth-order valence-electron chi connectivity index (χ4n) is 5.40. The summed E-state index contributed by atoms with van der Waals surface area (Å²) in [6.45, 7) is 8.72. The summed E-state index contributed by atoms with van der Waals surface area (Å²) in [7, 11) is -1.84. The molecule has 1 aromatic heterocycles. The van der Waals surface area contributed by atoms with Gasteiger partial charge in [-0.3, -0.25) is 4.90 Å². The number of hydrogen-bond donors (Lipinski definition) is 0. The summed E-state index contributed by atoms with van der Waals surface area (Å²) in [6, 6.07) is 26.8. The lowest BCUT2D eigenvalue weighted by atomic mass is 9.81. The second-order valence-electron chi connectivity index (χ2n) is 9.90. The Morgan fingerprint density at radius 3 is 2.11 bits per heavy atom. The van der Waals surface area contributed by atoms with Crippen molar-refractivity contribution < 1.29 is 18.4 Å². The highest BCUT2D eigenvalue weighted by molar-refractivity contribution is 6.73. The number of hydrogen-bond acceptors (Lipinski definition) is 4. The molecule has 2 aromatic carbocycles. The van der Waals surface area contributed by atoms with Gasteiger partial charge in [-0.2, -0.15) is 0 Å². The smallest absolute Gasteiger partial charge is 0.416 e. The minimum absolute atomic E-state index is 0.107. The van der Waals surface area contributed by atoms with E-state index in [2.05, 4.69) is 26.5 Å². The van der Waals surface area contributed by atoms with E-state index in [1.807, 2.05) is 85.8 Å². The predicted molar refractivity (Wildman–Crippen MR) is 153 cm³/mol. The van der Waals surface area contributed by atoms with E-state index in [0.717, 1.165) is 47.9 Å². The molecule has 0 spiro atoms. The molecule has 1 aliphatic heterocycles. The van der Waals surface area contributed by atoms with Crippen molar-refractivity contribution in [3.05, 3.63) is 114 Å². The van der Waals surface area contributed by atoms with Crippen molar-refractivity contribution in [2.24, 2.45) is 0 Å². The number of benzene rings is 2. The third kappa shape index (κ3) is 5.73. The van der Waals surface area contributed by atoms with Gasteiger partial charge < -0.3 is 13.6 Å². The molecular weight excluding hydrogens is 490 g/mol. The molecule has 1 saturated heterocycles. The summed E-state index contributed by atoms with van der Waals surface area (Å²) in [6.07, 6.45) is 6.47. The number of furan rings is 1. The minimum atomic E-state index is -1.84. The van der Waals surface area contributed by atoms with E-state index < -0.39 is 20.0 Å². The van der Waals surface area contributed by atoms with Gasteiger partial charge in [0.05, 0.1) is 24.6 Å². The number of ether oxygens (including phenoxy) is 1. The van der Waals surface area contributed by atoms with Crippen LogP contribution in [0.25, 0.3) is 0 Å². The van der Waals surface area contributed by atoms with E-state index in [4.69, 9.17) is 13.6 Å². The average molecular weight is 530 g/mol. The monoisotopic (exact) mass is 529 g/mol. The molecule has 6 heteroatoms. The van der Waals surface area contributed by atoms with Gasteiger partial charge in [0.1, 0.15) is 5.76 Å². The van der Waals surface area contributed by atoms with Crippen LogP contribution < -0.4 is 0 Å². The summed E-state index contributed by atoms with van der Waals surface area (Å²) in [5.74, 6) is 0.944. The van der Waals surface area contributed by atoms with Crippen molar-refractivity contribution in [2.75, 3.05) is 0 Å². The third-order valence-corrected chi connectivity index (χ3v) is 12.6. The molecule has 1 fully saturated rings. The van der Waals surface area contributed by atoms with E-state index in [9.17, 15) is 4.79 Å². The number of rotatable bonds is 12. The van der Waals surface area contributed by atoms with Crippen molar-refractivity contribution >= 4 is 14.4 Å². The maximum atomic E-state index is 13.3. The molecule has 5 nitrogen and oxygen atoms in total. The van der Waals surface area contributed by atoms with Gasteiger partial charge in [-0.15, -0.1) is 5.73 Å². The first-order valence-electron chi connectivity index (χ1n) is 13.7. The topological polar surface area (TPSA) is 51.9 Å². The maximum Gasteiger partial charge on any atom is 0.416 e. The molecule has 0 saturated carbocycles. The molecule has 0 bridgehead atoms. The van der Waals surface area contributed by atoms with E-state index in [0.29, 0.717) is 0 Å². The predicted octanol–water partition coefficient (Wildman–Crippen LogP) is 8.06. The van der Waals surface area contributed by atoms with Gasteiger partial charge >= 0.3 is 6.09 Å². The van der Waals surface area contributed by atoms with Gasteiger partial charge in [0, 0.05) is 17.5 Å². The van der Waals surface area contributed by atoms with Gasteiger partial charge in [0.25, 0.3) is 0 Å². The summed E-state index contributed by atoms with van der Waals surface area (Å²) < 4.78 is 18.6. The Hall–Kier alpha value is -3.31. The SMILES string of the molecule is CC[Si](CC)(CC)O[C@H](C=C=CN1C(=O)OC(c2ccccc2)(c2ccccc2)[C@H]1C)CCc1ccco1. The Labute approximate surface area is 227 Å². The molecule has 2 atom stereocenters. The molecule has 1 amide bonds. The van der Waals surface area contributed by atoms with Crippen LogP contribution in [0.15, 0.2) is 101 Å². The largest absolute Gasteiger partial charge is 0.469 e. The summed E-state index contributed by atoms with van der Waals surface area (Å²) >= 11 is 0. The minimum Gasteiger partial charge on any atom is -0.469 e. The molecule has 0 aliphatic carbocycles. The molecular formula is C32H39NO4Si. The number of amides is 1. The van der Waals surface area contributed by atoms with E-state index in [1.165, 1.54) is 0 Å². The zero-order chi connectivity index (χ0) is 27.0. The second kappa shape index (κ2) is 12.5. The van der Waals surface area contributed by atoms with Crippen molar-refractivity contribution in [1.82, 2.24) is 4.90 Å². The Balaban J connectivity index is 1.63. The molecule has 4 rings (SSSR count). The lowest BCUT2D eigenvalue weighted by Gasteiger charge is -2.33. The van der Waals surface area contributed by atoms with Crippen molar-refractivity contribution in [3.8, 4) is 0 Å². The van der Waals surface area contributed by atoms with Crippen LogP contribution in [0.3, 0.4) is 0 Å². The lowest BCUT2D eigenvalue weighted by molar-refractivity contribution is 0.0715. The van der Waals surface area contributed by atoms with Crippen LogP contribution >= 0.6 is 0 Å². The van der Waals surface area contributed by atoms with E-state index in [1.54, 1.807) is 17.4 Å². The number of nitrogens with zero attached hydrogens (tertiary/aromatic N) is 1. The molecule has 0 N–H and O–H groups in total. The first-order chi connectivity index (χ1) is 18.5. The van der Waals surface area contributed by atoms with E-state index >= 15 is 0 Å². The molecule has 38 heavy (non-hydrogen) atoms. The summed E-state index contributed by atoms with van der Waals surface area (Å²) in [4.78, 5) is 14.9. The normalized spacial score (nSPS) is 17.5. The van der Waals surface area contributed by atoms with Crippen LogP contribution in [-0.2, 0) is 21.2 Å². The highest BCUT2D eigenvalue weighted by atomic mass is 28.4. The van der Waals surface area contributed by atoms with E-state index in [-0.39, 0.29) is 12.1 Å². The van der Waals surface area contributed by atoms with Crippen LogP contribution in [0.4, 0.5) is 4.79 Å². The van der Waals surface area contributed by atoms with Crippen molar-refractivity contribution in [2.45, 2.75) is 76.4 Å². The summed E-state index contributed by atoms with van der Waals surface area (Å²) in [5, 5.41) is 0. The first-order valence-corrected chi connectivity index (χ1v) is 16.3. The molecule has 2 heterocycles. The average Bonchev–Trinajstić information content (AvgIpc) is 3.58. The van der Waals surface area contributed by atoms with Crippen LogP contribution in [-0.4, -0.2) is 31.5 Å². The van der Waals surface area contributed by atoms with Gasteiger partial charge in [0.15, 0.2) is 13.9 Å². The van der Waals surface area contributed by atoms with Crippen LogP contribution in [0.1, 0.15) is 51.0 Å². The van der Waals surface area contributed by atoms with Crippen molar-refractivity contribution in [3.63, 3.8) is 0 Å². The Morgan fingerprint density at radius 2 is 1.58 bits per heavy atom. The molecule has 1 aliphatic rings. The molecule has 3 aromatic rings. The number of aryl methyl sites for hydroxylation is 1. The Bertz CT molecular complexity index is 1170. The van der Waals surface area contributed by atoms with Crippen LogP contribution in [0.2, 0.25) is 18.1 Å². The molecule has 0 radical (unpaired) electrons. The van der Waals surface area contributed by atoms with Crippen LogP contribution in [0.5, 0.6) is 0 Å². The van der Waals surface area contributed by atoms with Gasteiger partial charge in [-0.05, 0) is 49.7 Å². The second-order valence-corrected chi connectivity index (χ2v) is 14.6. The fraction of sp³-hybridized carbons (Fsp3) is 0.375. The fourth-order valence-corrected chi connectivity index (χ4v) is 8.23. The van der Waals surface area contributed by atoms with Gasteiger partial charge in [-0.1, -0.05) is 81.4 Å².